The smallest absolute Gasteiger partial charge is 0.252 e. The maximum atomic E-state index is 12.9. The highest BCUT2D eigenvalue weighted by Gasteiger charge is 2.31. The van der Waals surface area contributed by atoms with E-state index < -0.39 is 10.0 Å². The molecular weight excluding hydrogens is 352 g/mol. The van der Waals surface area contributed by atoms with E-state index in [1.54, 1.807) is 16.4 Å². The van der Waals surface area contributed by atoms with Crippen LogP contribution in [0.25, 0.3) is 10.9 Å². The van der Waals surface area contributed by atoms with E-state index in [-0.39, 0.29) is 5.41 Å². The zero-order chi connectivity index (χ0) is 17.8. The number of fused-ring (bicyclic) bond motifs is 3. The molecule has 1 N–H and O–H groups in total. The lowest BCUT2D eigenvalue weighted by atomic mass is 9.86. The van der Waals surface area contributed by atoms with Gasteiger partial charge in [0.25, 0.3) is 10.0 Å². The lowest BCUT2D eigenvalue weighted by Crippen LogP contribution is -2.35. The van der Waals surface area contributed by atoms with Gasteiger partial charge in [-0.25, -0.2) is 8.42 Å². The zero-order valence-electron chi connectivity index (χ0n) is 14.7. The summed E-state index contributed by atoms with van der Waals surface area (Å²) in [4.78, 5) is 3.48. The summed E-state index contributed by atoms with van der Waals surface area (Å²) >= 11 is 1.28. The van der Waals surface area contributed by atoms with Gasteiger partial charge in [-0.05, 0) is 40.1 Å². The normalized spacial score (nSPS) is 16.3. The minimum Gasteiger partial charge on any atom is -0.358 e. The first kappa shape index (κ1) is 16.8. The third-order valence-corrected chi connectivity index (χ3v) is 8.11. The largest absolute Gasteiger partial charge is 0.358 e. The molecule has 2 aromatic heterocycles. The van der Waals surface area contributed by atoms with Crippen molar-refractivity contribution >= 4 is 32.3 Å². The highest BCUT2D eigenvalue weighted by molar-refractivity contribution is 7.91. The molecule has 0 radical (unpaired) electrons. The van der Waals surface area contributed by atoms with Gasteiger partial charge < -0.3 is 4.98 Å². The van der Waals surface area contributed by atoms with Crippen LogP contribution in [-0.4, -0.2) is 24.3 Å². The van der Waals surface area contributed by atoms with Crippen molar-refractivity contribution in [3.63, 3.8) is 0 Å². The number of aromatic nitrogens is 1. The van der Waals surface area contributed by atoms with Crippen LogP contribution in [0, 0.1) is 0 Å². The van der Waals surface area contributed by atoms with Gasteiger partial charge >= 0.3 is 0 Å². The van der Waals surface area contributed by atoms with Crippen molar-refractivity contribution in [3.8, 4) is 0 Å². The first-order valence-corrected chi connectivity index (χ1v) is 10.8. The molecule has 0 fully saturated rings. The average molecular weight is 375 g/mol. The van der Waals surface area contributed by atoms with E-state index in [1.165, 1.54) is 22.6 Å². The fraction of sp³-hybridized carbons (Fsp3) is 0.368. The summed E-state index contributed by atoms with van der Waals surface area (Å²) in [6.07, 6.45) is 0.722. The monoisotopic (exact) mass is 374 g/mol. The Kier molecular flexibility index (Phi) is 3.83. The van der Waals surface area contributed by atoms with Crippen LogP contribution in [0.1, 0.15) is 37.6 Å². The van der Waals surface area contributed by atoms with Gasteiger partial charge in [-0.1, -0.05) is 32.9 Å². The number of thiophene rings is 1. The molecule has 1 aliphatic heterocycles. The average Bonchev–Trinajstić information content (AvgIpc) is 3.21. The van der Waals surface area contributed by atoms with Crippen LogP contribution in [-0.2, 0) is 28.4 Å². The molecule has 0 unspecified atom stereocenters. The second-order valence-corrected chi connectivity index (χ2v) is 10.7. The lowest BCUT2D eigenvalue weighted by molar-refractivity contribution is 0.392. The minimum absolute atomic E-state index is 0.0652. The second-order valence-electron chi connectivity index (χ2n) is 7.61. The Morgan fingerprint density at radius 1 is 1.20 bits per heavy atom. The van der Waals surface area contributed by atoms with Gasteiger partial charge in [-0.2, -0.15) is 4.31 Å². The van der Waals surface area contributed by atoms with Crippen LogP contribution >= 0.6 is 11.3 Å². The maximum absolute atomic E-state index is 12.9. The predicted molar refractivity (Wildman–Crippen MR) is 103 cm³/mol. The van der Waals surface area contributed by atoms with E-state index >= 15 is 0 Å². The van der Waals surface area contributed by atoms with Crippen LogP contribution in [0.15, 0.2) is 39.9 Å². The molecule has 132 valence electrons. The van der Waals surface area contributed by atoms with Crippen LogP contribution in [0.5, 0.6) is 0 Å². The Labute approximate surface area is 152 Å². The molecule has 4 rings (SSSR count). The number of aromatic amines is 1. The predicted octanol–water partition coefficient (Wildman–Crippen LogP) is 4.27. The van der Waals surface area contributed by atoms with E-state index in [1.807, 2.05) is 5.38 Å². The third-order valence-electron chi connectivity index (χ3n) is 4.90. The highest BCUT2D eigenvalue weighted by Crippen LogP contribution is 2.34. The van der Waals surface area contributed by atoms with E-state index in [9.17, 15) is 8.42 Å². The number of benzene rings is 1. The molecule has 3 aromatic rings. The van der Waals surface area contributed by atoms with Crippen LogP contribution in [0.2, 0.25) is 0 Å². The molecule has 1 aromatic carbocycles. The van der Waals surface area contributed by atoms with Crippen molar-refractivity contribution in [2.75, 3.05) is 6.54 Å². The van der Waals surface area contributed by atoms with Gasteiger partial charge in [0, 0.05) is 36.1 Å². The number of hydrogen-bond acceptors (Lipinski definition) is 3. The quantitative estimate of drug-likeness (QED) is 0.728. The summed E-state index contributed by atoms with van der Waals surface area (Å²) < 4.78 is 27.8. The summed E-state index contributed by atoms with van der Waals surface area (Å²) in [7, 11) is -3.41. The van der Waals surface area contributed by atoms with Crippen LogP contribution < -0.4 is 0 Å². The summed E-state index contributed by atoms with van der Waals surface area (Å²) in [5.41, 5.74) is 4.70. The first-order chi connectivity index (χ1) is 11.8. The SMILES string of the molecule is CC(C)(C)c1ccc2[nH]c3c(c2c1)CN(S(=O)(=O)c1cccs1)CC3. The Balaban J connectivity index is 1.77. The molecule has 3 heterocycles. The number of H-pyrrole nitrogens is 1. The molecule has 0 aliphatic carbocycles. The van der Waals surface area contributed by atoms with Gasteiger partial charge in [0.05, 0.1) is 0 Å². The van der Waals surface area contributed by atoms with Crippen molar-refractivity contribution in [1.29, 1.82) is 0 Å². The van der Waals surface area contributed by atoms with Crippen LogP contribution in [0.4, 0.5) is 0 Å². The van der Waals surface area contributed by atoms with Gasteiger partial charge in [0.15, 0.2) is 0 Å². The molecule has 0 saturated carbocycles. The number of hydrogen-bond donors (Lipinski definition) is 1. The summed E-state index contributed by atoms with van der Waals surface area (Å²) in [5, 5.41) is 2.96. The zero-order valence-corrected chi connectivity index (χ0v) is 16.3. The Morgan fingerprint density at radius 2 is 2.00 bits per heavy atom. The molecule has 0 amide bonds. The summed E-state index contributed by atoms with van der Waals surface area (Å²) in [6.45, 7) is 7.54. The molecule has 0 spiro atoms. The van der Waals surface area contributed by atoms with Crippen molar-refractivity contribution in [2.24, 2.45) is 0 Å². The van der Waals surface area contributed by atoms with E-state index in [0.717, 1.165) is 22.9 Å². The molecule has 1 aliphatic rings. The number of sulfonamides is 1. The van der Waals surface area contributed by atoms with E-state index in [2.05, 4.69) is 44.0 Å². The number of rotatable bonds is 2. The Bertz CT molecular complexity index is 1030. The minimum atomic E-state index is -3.41. The molecule has 25 heavy (non-hydrogen) atoms. The topological polar surface area (TPSA) is 53.2 Å². The fourth-order valence-corrected chi connectivity index (χ4v) is 5.95. The molecular formula is C19H22N2O2S2. The van der Waals surface area contributed by atoms with E-state index in [0.29, 0.717) is 17.3 Å². The van der Waals surface area contributed by atoms with Crippen LogP contribution in [0.3, 0.4) is 0 Å². The van der Waals surface area contributed by atoms with Crippen molar-refractivity contribution in [1.82, 2.24) is 9.29 Å². The fourth-order valence-electron chi connectivity index (χ4n) is 3.40. The molecule has 0 saturated heterocycles. The van der Waals surface area contributed by atoms with Gasteiger partial charge in [-0.3, -0.25) is 0 Å². The molecule has 4 nitrogen and oxygen atoms in total. The van der Waals surface area contributed by atoms with Crippen molar-refractivity contribution < 1.29 is 8.42 Å². The summed E-state index contributed by atoms with van der Waals surface area (Å²) in [5.74, 6) is 0. The summed E-state index contributed by atoms with van der Waals surface area (Å²) in [6, 6.07) is 9.96. The van der Waals surface area contributed by atoms with Gasteiger partial charge in [0.1, 0.15) is 4.21 Å². The molecule has 0 atom stereocenters. The number of nitrogens with one attached hydrogen (secondary N) is 1. The van der Waals surface area contributed by atoms with Crippen molar-refractivity contribution in [2.45, 2.75) is 43.4 Å². The first-order valence-electron chi connectivity index (χ1n) is 8.44. The number of nitrogens with zero attached hydrogens (tertiary/aromatic N) is 1. The van der Waals surface area contributed by atoms with E-state index in [4.69, 9.17) is 0 Å². The Morgan fingerprint density at radius 3 is 2.68 bits per heavy atom. The van der Waals surface area contributed by atoms with Crippen molar-refractivity contribution in [3.05, 3.63) is 52.5 Å². The second kappa shape index (κ2) is 5.69. The van der Waals surface area contributed by atoms with Gasteiger partial charge in [0.2, 0.25) is 0 Å². The Hall–Kier alpha value is -1.63. The lowest BCUT2D eigenvalue weighted by Gasteiger charge is -2.26. The highest BCUT2D eigenvalue weighted by atomic mass is 32.2. The maximum Gasteiger partial charge on any atom is 0.252 e. The molecule has 0 bridgehead atoms. The third kappa shape index (κ3) is 2.82. The standard InChI is InChI=1S/C19H22N2O2S2/c1-19(2,3)13-6-7-16-14(11-13)15-12-21(9-8-17(15)20-16)25(22,23)18-5-4-10-24-18/h4-7,10-11,20H,8-9,12H2,1-3H3. The molecule has 6 heteroatoms. The van der Waals surface area contributed by atoms with Gasteiger partial charge in [-0.15, -0.1) is 11.3 Å².